The number of carbonyl (C=O) groups is 1. The number of hydrogen-bond acceptors (Lipinski definition) is 4. The average Bonchev–Trinajstić information content (AvgIpc) is 2.13. The Hall–Kier alpha value is -0.810. The molecule has 0 rings (SSSR count). The lowest BCUT2D eigenvalue weighted by Crippen LogP contribution is -2.42. The number of alkyl carbamates (subject to hydrolysis) is 1. The van der Waals surface area contributed by atoms with Gasteiger partial charge in [-0.25, -0.2) is 4.79 Å². The van der Waals surface area contributed by atoms with Crippen LogP contribution in [0.1, 0.15) is 34.1 Å². The molecule has 3 N–H and O–H groups in total. The average molecular weight is 233 g/mol. The molecular weight excluding hydrogens is 210 g/mol. The molecule has 0 fully saturated rings. The predicted octanol–water partition coefficient (Wildman–Crippen LogP) is 0.890. The van der Waals surface area contributed by atoms with Crippen LogP contribution in [-0.4, -0.2) is 41.2 Å². The molecule has 2 atom stereocenters. The zero-order valence-corrected chi connectivity index (χ0v) is 10.5. The van der Waals surface area contributed by atoms with Gasteiger partial charge in [0, 0.05) is 6.61 Å². The van der Waals surface area contributed by atoms with Crippen molar-refractivity contribution in [3.8, 4) is 0 Å². The highest BCUT2D eigenvalue weighted by molar-refractivity contribution is 5.68. The number of carbonyl (C=O) groups excluding carboxylic acids is 1. The van der Waals surface area contributed by atoms with E-state index in [2.05, 4.69) is 5.32 Å². The van der Waals surface area contributed by atoms with E-state index in [4.69, 9.17) is 14.9 Å². The highest BCUT2D eigenvalue weighted by Crippen LogP contribution is 2.09. The summed E-state index contributed by atoms with van der Waals surface area (Å²) in [7, 11) is 0. The second kappa shape index (κ2) is 6.70. The van der Waals surface area contributed by atoms with Crippen LogP contribution >= 0.6 is 0 Å². The van der Waals surface area contributed by atoms with Gasteiger partial charge in [-0.1, -0.05) is 6.92 Å². The monoisotopic (exact) mass is 233 g/mol. The van der Waals surface area contributed by atoms with Crippen molar-refractivity contribution in [3.05, 3.63) is 0 Å². The lowest BCUT2D eigenvalue weighted by molar-refractivity contribution is 0.0467. The van der Waals surface area contributed by atoms with E-state index >= 15 is 0 Å². The van der Waals surface area contributed by atoms with Crippen molar-refractivity contribution in [1.82, 2.24) is 5.32 Å². The molecule has 0 bridgehead atoms. The van der Waals surface area contributed by atoms with Gasteiger partial charge in [-0.15, -0.1) is 0 Å². The third-order valence-corrected chi connectivity index (χ3v) is 1.94. The molecule has 0 saturated heterocycles. The van der Waals surface area contributed by atoms with Gasteiger partial charge in [0.2, 0.25) is 0 Å². The van der Waals surface area contributed by atoms with Gasteiger partial charge in [0.05, 0.1) is 12.6 Å². The number of amides is 1. The summed E-state index contributed by atoms with van der Waals surface area (Å²) in [6.45, 7) is 7.04. The number of aliphatic hydroxyl groups excluding tert-OH is 2. The number of nitrogens with one attached hydrogen (secondary N) is 1. The van der Waals surface area contributed by atoms with Crippen LogP contribution in [0.4, 0.5) is 4.79 Å². The quantitative estimate of drug-likeness (QED) is 0.659. The van der Waals surface area contributed by atoms with E-state index in [1.807, 2.05) is 6.92 Å². The first-order valence-corrected chi connectivity index (χ1v) is 5.49. The smallest absolute Gasteiger partial charge is 0.407 e. The molecule has 0 aliphatic rings. The van der Waals surface area contributed by atoms with Crippen LogP contribution in [0.2, 0.25) is 0 Å². The largest absolute Gasteiger partial charge is 0.444 e. The van der Waals surface area contributed by atoms with Crippen molar-refractivity contribution in [2.75, 3.05) is 13.2 Å². The van der Waals surface area contributed by atoms with Gasteiger partial charge in [-0.05, 0) is 33.1 Å². The number of hydrogen-bond donors (Lipinski definition) is 3. The fourth-order valence-electron chi connectivity index (χ4n) is 1.21. The van der Waals surface area contributed by atoms with Crippen LogP contribution in [0.5, 0.6) is 0 Å². The van der Waals surface area contributed by atoms with Crippen LogP contribution in [-0.2, 0) is 4.74 Å². The van der Waals surface area contributed by atoms with Gasteiger partial charge in [-0.2, -0.15) is 0 Å². The minimum absolute atomic E-state index is 0.0342. The third-order valence-electron chi connectivity index (χ3n) is 1.94. The van der Waals surface area contributed by atoms with E-state index in [1.54, 1.807) is 20.8 Å². The first-order chi connectivity index (χ1) is 7.28. The van der Waals surface area contributed by atoms with Gasteiger partial charge < -0.3 is 20.3 Å². The molecule has 5 heteroatoms. The predicted molar refractivity (Wildman–Crippen MR) is 61.1 cm³/mol. The Labute approximate surface area is 96.8 Å². The molecule has 96 valence electrons. The lowest BCUT2D eigenvalue weighted by atomic mass is 10.0. The van der Waals surface area contributed by atoms with Gasteiger partial charge in [-0.3, -0.25) is 0 Å². The molecule has 0 aromatic rings. The molecule has 1 amide bonds. The highest BCUT2D eigenvalue weighted by atomic mass is 16.6. The lowest BCUT2D eigenvalue weighted by Gasteiger charge is -2.23. The number of rotatable bonds is 5. The molecule has 0 aromatic heterocycles. The Morgan fingerprint density at radius 2 is 1.88 bits per heavy atom. The van der Waals surface area contributed by atoms with Crippen LogP contribution in [0, 0.1) is 5.92 Å². The fraction of sp³-hybridized carbons (Fsp3) is 0.909. The Balaban J connectivity index is 4.07. The third kappa shape index (κ3) is 7.48. The Kier molecular flexibility index (Phi) is 6.36. The second-order valence-electron chi connectivity index (χ2n) is 5.05. The van der Waals surface area contributed by atoms with Crippen molar-refractivity contribution in [1.29, 1.82) is 0 Å². The number of ether oxygens (including phenoxy) is 1. The molecule has 0 aromatic carbocycles. The Morgan fingerprint density at radius 1 is 1.31 bits per heavy atom. The summed E-state index contributed by atoms with van der Waals surface area (Å²) in [5.74, 6) is 0.0343. The van der Waals surface area contributed by atoms with E-state index in [1.165, 1.54) is 0 Å². The minimum atomic E-state index is -0.549. The first-order valence-electron chi connectivity index (χ1n) is 5.49. The van der Waals surface area contributed by atoms with E-state index in [9.17, 15) is 4.79 Å². The molecule has 0 saturated carbocycles. The van der Waals surface area contributed by atoms with Gasteiger partial charge in [0.15, 0.2) is 0 Å². The molecule has 16 heavy (non-hydrogen) atoms. The van der Waals surface area contributed by atoms with Crippen LogP contribution in [0.3, 0.4) is 0 Å². The summed E-state index contributed by atoms with van der Waals surface area (Å²) in [4.78, 5) is 11.4. The molecule has 0 heterocycles. The van der Waals surface area contributed by atoms with Crippen molar-refractivity contribution < 1.29 is 19.7 Å². The topological polar surface area (TPSA) is 78.8 Å². The van der Waals surface area contributed by atoms with E-state index in [0.717, 1.165) is 0 Å². The van der Waals surface area contributed by atoms with Crippen molar-refractivity contribution in [3.63, 3.8) is 0 Å². The zero-order valence-electron chi connectivity index (χ0n) is 10.5. The SMILES string of the molecule is C[C@H](CO)C[C@H](CO)NC(=O)OC(C)(C)C. The minimum Gasteiger partial charge on any atom is -0.444 e. The van der Waals surface area contributed by atoms with Gasteiger partial charge in [0.25, 0.3) is 0 Å². The Morgan fingerprint density at radius 3 is 2.25 bits per heavy atom. The maximum atomic E-state index is 11.4. The molecule has 0 unspecified atom stereocenters. The van der Waals surface area contributed by atoms with Crippen LogP contribution < -0.4 is 5.32 Å². The van der Waals surface area contributed by atoms with Crippen LogP contribution in [0.25, 0.3) is 0 Å². The molecular formula is C11H23NO4. The molecule has 0 radical (unpaired) electrons. The molecule has 0 spiro atoms. The van der Waals surface area contributed by atoms with Crippen molar-refractivity contribution >= 4 is 6.09 Å². The first kappa shape index (κ1) is 15.2. The van der Waals surface area contributed by atoms with Gasteiger partial charge >= 0.3 is 6.09 Å². The van der Waals surface area contributed by atoms with E-state index in [0.29, 0.717) is 6.42 Å². The Bertz CT molecular complexity index is 213. The second-order valence-corrected chi connectivity index (χ2v) is 5.05. The highest BCUT2D eigenvalue weighted by Gasteiger charge is 2.20. The summed E-state index contributed by atoms with van der Waals surface area (Å²) in [5, 5.41) is 20.5. The normalized spacial score (nSPS) is 15.4. The molecule has 0 aliphatic carbocycles. The zero-order chi connectivity index (χ0) is 12.8. The van der Waals surface area contributed by atoms with E-state index in [-0.39, 0.29) is 25.2 Å². The summed E-state index contributed by atoms with van der Waals surface area (Å²) in [6, 6.07) is -0.378. The van der Waals surface area contributed by atoms with Crippen LogP contribution in [0.15, 0.2) is 0 Å². The van der Waals surface area contributed by atoms with Crippen molar-refractivity contribution in [2.24, 2.45) is 5.92 Å². The number of aliphatic hydroxyl groups is 2. The summed E-state index contributed by atoms with van der Waals surface area (Å²) >= 11 is 0. The summed E-state index contributed by atoms with van der Waals surface area (Å²) < 4.78 is 5.06. The van der Waals surface area contributed by atoms with Gasteiger partial charge in [0.1, 0.15) is 5.60 Å². The fourth-order valence-corrected chi connectivity index (χ4v) is 1.21. The molecule has 5 nitrogen and oxygen atoms in total. The maximum Gasteiger partial charge on any atom is 0.407 e. The van der Waals surface area contributed by atoms with E-state index < -0.39 is 11.7 Å². The maximum absolute atomic E-state index is 11.4. The molecule has 0 aliphatic heterocycles. The van der Waals surface area contributed by atoms with Crippen molar-refractivity contribution in [2.45, 2.75) is 45.8 Å². The summed E-state index contributed by atoms with van der Waals surface area (Å²) in [6.07, 6.45) is -0.0246. The summed E-state index contributed by atoms with van der Waals surface area (Å²) in [5.41, 5.74) is -0.549. The standard InChI is InChI=1S/C11H23NO4/c1-8(6-13)5-9(7-14)12-10(15)16-11(2,3)4/h8-9,13-14H,5-7H2,1-4H3,(H,12,15)/t8-,9+/m0/s1.